The summed E-state index contributed by atoms with van der Waals surface area (Å²) in [5.41, 5.74) is 8.15. The summed E-state index contributed by atoms with van der Waals surface area (Å²) in [6.45, 7) is 6.34. The number of benzene rings is 8. The van der Waals surface area contributed by atoms with Crippen molar-refractivity contribution in [2.75, 3.05) is 0 Å². The number of hydrogen-bond acceptors (Lipinski definition) is 2. The Balaban J connectivity index is 0.00000596. The number of hydrogen-bond donors (Lipinski definition) is 0. The zero-order valence-corrected chi connectivity index (χ0v) is 36.0. The van der Waals surface area contributed by atoms with Crippen LogP contribution >= 0.6 is 0 Å². The molecule has 300 valence electrons. The molecule has 0 saturated heterocycles. The molecule has 0 bridgehead atoms. The maximum absolute atomic E-state index is 9.03. The molecule has 62 heavy (non-hydrogen) atoms. The van der Waals surface area contributed by atoms with Crippen molar-refractivity contribution in [2.24, 2.45) is 0 Å². The third kappa shape index (κ3) is 6.87. The number of fused-ring (bicyclic) bond motifs is 3. The molecule has 8 aromatic carbocycles. The van der Waals surface area contributed by atoms with Crippen molar-refractivity contribution in [2.45, 2.75) is 26.2 Å². The van der Waals surface area contributed by atoms with Crippen LogP contribution in [0, 0.1) is 18.5 Å². The van der Waals surface area contributed by atoms with Crippen molar-refractivity contribution in [3.63, 3.8) is 0 Å². The van der Waals surface area contributed by atoms with Crippen LogP contribution in [0.4, 0.5) is 0 Å². The van der Waals surface area contributed by atoms with E-state index >= 15 is 0 Å². The van der Waals surface area contributed by atoms with Crippen LogP contribution in [0.15, 0.2) is 188 Å². The molecule has 1 aliphatic rings. The number of nitrogens with zero attached hydrogens (tertiary/aromatic N) is 3. The monoisotopic (exact) mass is 986 g/mol. The van der Waals surface area contributed by atoms with E-state index in [-0.39, 0.29) is 61.1 Å². The second kappa shape index (κ2) is 15.9. The molecule has 0 aliphatic carbocycles. The van der Waals surface area contributed by atoms with Crippen LogP contribution in [0.3, 0.4) is 0 Å². The van der Waals surface area contributed by atoms with Gasteiger partial charge >= 0.3 is 0 Å². The molecule has 3 heterocycles. The number of aromatic nitrogens is 3. The summed E-state index contributed by atoms with van der Waals surface area (Å²) in [5.74, 6) is 0.848. The molecule has 0 atom stereocenters. The van der Waals surface area contributed by atoms with Crippen LogP contribution in [-0.4, -0.2) is 16.3 Å². The van der Waals surface area contributed by atoms with Crippen LogP contribution in [0.2, 0.25) is 0 Å². The Kier molecular flexibility index (Phi) is 7.55. The Labute approximate surface area is 391 Å². The Bertz CT molecular complexity index is 3750. The number of pyridine rings is 1. The fraction of sp³-hybridized carbons (Fsp3) is 0.0714. The van der Waals surface area contributed by atoms with E-state index in [1.807, 2.05) is 48.7 Å². The Morgan fingerprint density at radius 2 is 1.32 bits per heavy atom. The summed E-state index contributed by atoms with van der Waals surface area (Å²) in [6.07, 6.45) is 5.31. The first-order chi connectivity index (χ1) is 34.0. The molecule has 0 amide bonds. The van der Waals surface area contributed by atoms with E-state index in [0.717, 1.165) is 38.4 Å². The predicted molar refractivity (Wildman–Crippen MR) is 249 cm³/mol. The van der Waals surface area contributed by atoms with Gasteiger partial charge in [0, 0.05) is 44.4 Å². The van der Waals surface area contributed by atoms with E-state index in [2.05, 4.69) is 93.8 Å². The van der Waals surface area contributed by atoms with Crippen molar-refractivity contribution in [1.82, 2.24) is 9.55 Å². The zero-order chi connectivity index (χ0) is 49.8. The molecular formula is C56H40BN3OPt-2. The summed E-state index contributed by atoms with van der Waals surface area (Å²) in [6, 6.07) is 40.4. The fourth-order valence-corrected chi connectivity index (χ4v) is 8.49. The molecule has 2 aromatic heterocycles. The normalized spacial score (nSPS) is 14.2. The molecular weight excluding hydrogens is 937 g/mol. The first kappa shape index (κ1) is 29.4. The molecule has 6 heteroatoms. The first-order valence-corrected chi connectivity index (χ1v) is 20.0. The number of para-hydroxylation sites is 3. The van der Waals surface area contributed by atoms with Gasteiger partial charge in [-0.3, -0.25) is 9.55 Å². The van der Waals surface area contributed by atoms with Gasteiger partial charge in [0.25, 0.3) is 6.33 Å². The molecule has 0 fully saturated rings. The summed E-state index contributed by atoms with van der Waals surface area (Å²) >= 11 is 0. The summed E-state index contributed by atoms with van der Waals surface area (Å²) in [4.78, 5) is 4.97. The summed E-state index contributed by atoms with van der Waals surface area (Å²) < 4.78 is 97.2. The molecule has 0 N–H and O–H groups in total. The van der Waals surface area contributed by atoms with Crippen LogP contribution in [0.25, 0.3) is 66.6 Å². The van der Waals surface area contributed by atoms with E-state index in [4.69, 9.17) is 23.4 Å². The van der Waals surface area contributed by atoms with Gasteiger partial charge in [-0.25, -0.2) is 0 Å². The van der Waals surface area contributed by atoms with Crippen molar-refractivity contribution in [3.05, 3.63) is 212 Å². The Hall–Kier alpha value is -6.81. The summed E-state index contributed by atoms with van der Waals surface area (Å²) in [7, 11) is 0. The SMILES string of the molecule is [2H]c1c([2H])c([2H])c(-c2cccc(-c3c([2H])c([2H])c([2H])c([2H])c3[2H])c2-[n+]2[c-]n(-c3[c-]c(Oc4[c-]c5c6c(cccc6c4)-c4ccccc4B5c4cc(C(C)(C)C)ccn4)ccc3)c3ccccc32)c([2H])c1[2H].[Pt]. The Morgan fingerprint density at radius 3 is 2.08 bits per heavy atom. The zero-order valence-electron chi connectivity index (χ0n) is 43.8. The van der Waals surface area contributed by atoms with Gasteiger partial charge in [0.2, 0.25) is 6.71 Å². The summed E-state index contributed by atoms with van der Waals surface area (Å²) in [5, 5.41) is 2.06. The van der Waals surface area contributed by atoms with Gasteiger partial charge in [0.1, 0.15) is 0 Å². The standard InChI is InChI=1S/C56H40BN3O.Pt/c1-56(2,3)41-31-32-58-53(34-41)57-49-28-11-10-24-47(49)48-27-14-21-40-33-44(36-50(57)54(40)48)61-43-23-15-22-42(35-43)59-37-60(52-30-13-12-29-51(52)59)55-45(38-17-6-4-7-18-38)25-16-26-46(55)39-19-8-5-9-20-39;/h4-34H,1-3H3;/q-2;/i4D,5D,6D,7D,8D,9D,17D,18D,19D,20D;. The van der Waals surface area contributed by atoms with Crippen LogP contribution in [-0.2, 0) is 26.5 Å². The number of ether oxygens (including phenoxy) is 1. The average Bonchev–Trinajstić information content (AvgIpc) is 3.76. The molecule has 1 aliphatic heterocycles. The van der Waals surface area contributed by atoms with Gasteiger partial charge in [-0.05, 0) is 56.6 Å². The van der Waals surface area contributed by atoms with Crippen molar-refractivity contribution >= 4 is 45.0 Å². The minimum atomic E-state index is -0.570. The molecule has 4 nitrogen and oxygen atoms in total. The van der Waals surface area contributed by atoms with E-state index in [1.54, 1.807) is 33.4 Å². The van der Waals surface area contributed by atoms with Crippen LogP contribution in [0.5, 0.6) is 11.5 Å². The Morgan fingerprint density at radius 1 is 0.661 bits per heavy atom. The molecule has 11 rings (SSSR count). The third-order valence-corrected chi connectivity index (χ3v) is 11.3. The molecule has 0 spiro atoms. The van der Waals surface area contributed by atoms with Crippen LogP contribution < -0.4 is 25.8 Å². The van der Waals surface area contributed by atoms with Crippen molar-refractivity contribution in [3.8, 4) is 56.3 Å². The van der Waals surface area contributed by atoms with E-state index in [0.29, 0.717) is 28.2 Å². The van der Waals surface area contributed by atoms with E-state index < -0.39 is 60.4 Å². The second-order valence-electron chi connectivity index (χ2n) is 16.0. The smallest absolute Gasteiger partial charge is 0.268 e. The van der Waals surface area contributed by atoms with Crippen molar-refractivity contribution in [1.29, 1.82) is 0 Å². The van der Waals surface area contributed by atoms with Gasteiger partial charge in [-0.15, -0.1) is 35.0 Å². The largest absolute Gasteiger partial charge is 0.510 e. The maximum Gasteiger partial charge on any atom is 0.268 e. The van der Waals surface area contributed by atoms with Crippen LogP contribution in [0.1, 0.15) is 40.0 Å². The van der Waals surface area contributed by atoms with Gasteiger partial charge < -0.3 is 9.30 Å². The average molecular weight is 987 g/mol. The molecule has 0 unspecified atom stereocenters. The topological polar surface area (TPSA) is 30.9 Å². The maximum atomic E-state index is 9.03. The minimum absolute atomic E-state index is 0. The molecule has 0 radical (unpaired) electrons. The van der Waals surface area contributed by atoms with Gasteiger partial charge in [0.05, 0.1) is 30.4 Å². The third-order valence-electron chi connectivity index (χ3n) is 11.3. The molecule has 10 aromatic rings. The van der Waals surface area contributed by atoms with Crippen molar-refractivity contribution < 1.29 is 44.1 Å². The molecule has 0 saturated carbocycles. The van der Waals surface area contributed by atoms with Gasteiger partial charge in [-0.1, -0.05) is 177 Å². The van der Waals surface area contributed by atoms with Gasteiger partial charge in [0.15, 0.2) is 0 Å². The number of rotatable bonds is 7. The predicted octanol–water partition coefficient (Wildman–Crippen LogP) is 10.8. The van der Waals surface area contributed by atoms with E-state index in [1.165, 1.54) is 5.56 Å². The number of imidazole rings is 1. The van der Waals surface area contributed by atoms with Gasteiger partial charge in [-0.2, -0.15) is 17.6 Å². The second-order valence-corrected chi connectivity index (χ2v) is 16.0. The van der Waals surface area contributed by atoms with E-state index in [9.17, 15) is 0 Å². The minimum Gasteiger partial charge on any atom is -0.510 e. The first-order valence-electron chi connectivity index (χ1n) is 25.0. The quantitative estimate of drug-likeness (QED) is 0.0905. The fourth-order valence-electron chi connectivity index (χ4n) is 8.49.